The van der Waals surface area contributed by atoms with Crippen molar-refractivity contribution in [3.05, 3.63) is 52.0 Å². The number of nitrogens with one attached hydrogen (secondary N) is 1. The third-order valence-corrected chi connectivity index (χ3v) is 4.52. The summed E-state index contributed by atoms with van der Waals surface area (Å²) in [5, 5.41) is 4.08. The molecule has 0 aliphatic heterocycles. The molecule has 6 heteroatoms. The van der Waals surface area contributed by atoms with Crippen molar-refractivity contribution in [2.45, 2.75) is 6.92 Å². The van der Waals surface area contributed by atoms with E-state index >= 15 is 0 Å². The van der Waals surface area contributed by atoms with Crippen molar-refractivity contribution < 1.29 is 4.79 Å². The minimum Gasteiger partial charge on any atom is -0.397 e. The van der Waals surface area contributed by atoms with Gasteiger partial charge in [0.05, 0.1) is 16.4 Å². The van der Waals surface area contributed by atoms with Crippen LogP contribution in [0.1, 0.15) is 15.2 Å². The summed E-state index contributed by atoms with van der Waals surface area (Å²) in [4.78, 5) is 17.8. The number of amides is 1. The van der Waals surface area contributed by atoms with Crippen LogP contribution in [0.2, 0.25) is 5.02 Å². The van der Waals surface area contributed by atoms with Gasteiger partial charge in [0.2, 0.25) is 0 Å². The van der Waals surface area contributed by atoms with Gasteiger partial charge in [0.25, 0.3) is 5.91 Å². The van der Waals surface area contributed by atoms with Crippen molar-refractivity contribution >= 4 is 50.4 Å². The maximum atomic E-state index is 12.4. The van der Waals surface area contributed by atoms with Gasteiger partial charge in [-0.15, -0.1) is 11.3 Å². The van der Waals surface area contributed by atoms with Crippen LogP contribution in [0.25, 0.3) is 10.2 Å². The lowest BCUT2D eigenvalue weighted by atomic mass is 10.2. The van der Waals surface area contributed by atoms with E-state index in [1.807, 2.05) is 19.1 Å². The lowest BCUT2D eigenvalue weighted by Gasteiger charge is -2.07. The highest BCUT2D eigenvalue weighted by atomic mass is 35.5. The first-order valence-electron chi connectivity index (χ1n) is 6.27. The van der Waals surface area contributed by atoms with Gasteiger partial charge in [-0.1, -0.05) is 17.7 Å². The number of halogens is 1. The number of carbonyl (C=O) groups is 1. The van der Waals surface area contributed by atoms with E-state index in [-0.39, 0.29) is 5.91 Å². The van der Waals surface area contributed by atoms with Crippen molar-refractivity contribution in [1.29, 1.82) is 0 Å². The number of nitrogens with two attached hydrogens (primary N) is 1. The van der Waals surface area contributed by atoms with Crippen molar-refractivity contribution in [3.8, 4) is 0 Å². The van der Waals surface area contributed by atoms with Crippen LogP contribution >= 0.6 is 22.9 Å². The van der Waals surface area contributed by atoms with Gasteiger partial charge in [-0.05, 0) is 36.8 Å². The topological polar surface area (TPSA) is 68.0 Å². The quantitative estimate of drug-likeness (QED) is 0.748. The lowest BCUT2D eigenvalue weighted by molar-refractivity contribution is 0.103. The second kappa shape index (κ2) is 5.35. The van der Waals surface area contributed by atoms with E-state index in [2.05, 4.69) is 10.3 Å². The fraction of sp³-hybridized carbons (Fsp3) is 0.0667. The van der Waals surface area contributed by atoms with Crippen LogP contribution in [0.4, 0.5) is 11.4 Å². The summed E-state index contributed by atoms with van der Waals surface area (Å²) in [7, 11) is 0. The van der Waals surface area contributed by atoms with Crippen LogP contribution in [0.5, 0.6) is 0 Å². The Bertz CT molecular complexity index is 844. The number of nitrogens with zero attached hydrogens (tertiary/aromatic N) is 1. The first-order chi connectivity index (χ1) is 10.1. The number of aromatic nitrogens is 1. The molecule has 0 saturated carbocycles. The number of fused-ring (bicyclic) bond motifs is 1. The molecule has 3 rings (SSSR count). The molecular weight excluding hydrogens is 306 g/mol. The molecule has 1 amide bonds. The second-order valence-corrected chi connectivity index (χ2v) is 6.04. The zero-order chi connectivity index (χ0) is 15.0. The third-order valence-electron chi connectivity index (χ3n) is 3.08. The van der Waals surface area contributed by atoms with Gasteiger partial charge in [0, 0.05) is 11.6 Å². The fourth-order valence-electron chi connectivity index (χ4n) is 2.02. The van der Waals surface area contributed by atoms with Gasteiger partial charge in [-0.25, -0.2) is 4.98 Å². The van der Waals surface area contributed by atoms with Crippen LogP contribution in [0.3, 0.4) is 0 Å². The minimum absolute atomic E-state index is 0.277. The van der Waals surface area contributed by atoms with Crippen molar-refractivity contribution in [2.24, 2.45) is 0 Å². The molecule has 0 radical (unpaired) electrons. The maximum absolute atomic E-state index is 12.4. The summed E-state index contributed by atoms with van der Waals surface area (Å²) in [5.41, 5.74) is 8.08. The molecule has 21 heavy (non-hydrogen) atoms. The number of carbonyl (C=O) groups excluding carboxylic acids is 1. The Hall–Kier alpha value is -2.11. The lowest BCUT2D eigenvalue weighted by Crippen LogP contribution is -2.12. The predicted octanol–water partition coefficient (Wildman–Crippen LogP) is 4.09. The Kier molecular flexibility index (Phi) is 3.53. The largest absolute Gasteiger partial charge is 0.397 e. The normalized spacial score (nSPS) is 10.8. The van der Waals surface area contributed by atoms with E-state index in [1.165, 1.54) is 11.3 Å². The monoisotopic (exact) mass is 317 g/mol. The maximum Gasteiger partial charge on any atom is 0.267 e. The number of benzene rings is 1. The molecule has 0 fully saturated rings. The zero-order valence-electron chi connectivity index (χ0n) is 11.2. The molecular formula is C15H12ClN3OS. The molecule has 106 valence electrons. The number of hydrogen-bond donors (Lipinski definition) is 2. The zero-order valence-corrected chi connectivity index (χ0v) is 12.8. The molecule has 2 heterocycles. The van der Waals surface area contributed by atoms with E-state index < -0.39 is 0 Å². The highest BCUT2D eigenvalue weighted by Crippen LogP contribution is 2.33. The van der Waals surface area contributed by atoms with Crippen LogP contribution in [-0.4, -0.2) is 10.9 Å². The number of thiophene rings is 1. The summed E-state index contributed by atoms with van der Waals surface area (Å²) in [6.07, 6.45) is 1.68. The molecule has 0 atom stereocenters. The van der Waals surface area contributed by atoms with E-state index in [9.17, 15) is 4.79 Å². The molecule has 4 nitrogen and oxygen atoms in total. The summed E-state index contributed by atoms with van der Waals surface area (Å²) in [6, 6.07) is 9.11. The van der Waals surface area contributed by atoms with E-state index in [0.29, 0.717) is 21.3 Å². The molecule has 0 bridgehead atoms. The smallest absolute Gasteiger partial charge is 0.267 e. The first-order valence-corrected chi connectivity index (χ1v) is 7.46. The van der Waals surface area contributed by atoms with Crippen LogP contribution < -0.4 is 11.1 Å². The number of anilines is 2. The van der Waals surface area contributed by atoms with Gasteiger partial charge in [-0.3, -0.25) is 4.79 Å². The van der Waals surface area contributed by atoms with Crippen LogP contribution in [0.15, 0.2) is 36.5 Å². The second-order valence-electron chi connectivity index (χ2n) is 4.64. The Labute approximate surface area is 130 Å². The predicted molar refractivity (Wildman–Crippen MR) is 88.2 cm³/mol. The molecule has 0 aliphatic carbocycles. The molecule has 0 unspecified atom stereocenters. The van der Waals surface area contributed by atoms with E-state index in [4.69, 9.17) is 17.3 Å². The Morgan fingerprint density at radius 2 is 2.19 bits per heavy atom. The molecule has 3 N–H and O–H groups in total. The fourth-order valence-corrected chi connectivity index (χ4v) is 3.26. The Balaban J connectivity index is 1.95. The average molecular weight is 318 g/mol. The SMILES string of the molecule is Cc1ccc(NC(=O)c2sc3ncccc3c2N)c(Cl)c1. The summed E-state index contributed by atoms with van der Waals surface area (Å²) < 4.78 is 0. The molecule has 2 aromatic heterocycles. The highest BCUT2D eigenvalue weighted by Gasteiger charge is 2.17. The Morgan fingerprint density at radius 3 is 2.90 bits per heavy atom. The van der Waals surface area contributed by atoms with Gasteiger partial charge in [-0.2, -0.15) is 0 Å². The summed E-state index contributed by atoms with van der Waals surface area (Å²) in [5.74, 6) is -0.277. The van der Waals surface area contributed by atoms with Crippen LogP contribution in [-0.2, 0) is 0 Å². The molecule has 0 aliphatic rings. The van der Waals surface area contributed by atoms with Crippen molar-refractivity contribution in [1.82, 2.24) is 4.98 Å². The number of aryl methyl sites for hydroxylation is 1. The van der Waals surface area contributed by atoms with Gasteiger partial charge in [0.15, 0.2) is 0 Å². The summed E-state index contributed by atoms with van der Waals surface area (Å²) >= 11 is 7.39. The van der Waals surface area contributed by atoms with Gasteiger partial charge in [0.1, 0.15) is 9.71 Å². The number of rotatable bonds is 2. The summed E-state index contributed by atoms with van der Waals surface area (Å²) in [6.45, 7) is 1.94. The Morgan fingerprint density at radius 1 is 1.38 bits per heavy atom. The number of hydrogen-bond acceptors (Lipinski definition) is 4. The standard InChI is InChI=1S/C15H12ClN3OS/c1-8-4-5-11(10(16)7-8)19-14(20)13-12(17)9-3-2-6-18-15(9)21-13/h2-7H,17H2,1H3,(H,19,20). The molecule has 1 aromatic carbocycles. The molecule has 0 spiro atoms. The van der Waals surface area contributed by atoms with Crippen LogP contribution in [0, 0.1) is 6.92 Å². The van der Waals surface area contributed by atoms with Gasteiger partial charge >= 0.3 is 0 Å². The third kappa shape index (κ3) is 2.57. The number of nitrogen functional groups attached to an aromatic ring is 1. The highest BCUT2D eigenvalue weighted by molar-refractivity contribution is 7.21. The van der Waals surface area contributed by atoms with Gasteiger partial charge < -0.3 is 11.1 Å². The molecule has 0 saturated heterocycles. The van der Waals surface area contributed by atoms with Crippen molar-refractivity contribution in [3.63, 3.8) is 0 Å². The average Bonchev–Trinajstić information content (AvgIpc) is 2.80. The van der Waals surface area contributed by atoms with E-state index in [1.54, 1.807) is 24.4 Å². The first kappa shape index (κ1) is 13.9. The van der Waals surface area contributed by atoms with Crippen molar-refractivity contribution in [2.75, 3.05) is 11.1 Å². The minimum atomic E-state index is -0.277. The molecule has 3 aromatic rings. The van der Waals surface area contributed by atoms with E-state index in [0.717, 1.165) is 15.8 Å². The number of pyridine rings is 1.